The molecule has 1 atom stereocenters. The maximum Gasteiger partial charge on any atom is 0.241 e. The highest BCUT2D eigenvalue weighted by molar-refractivity contribution is 5.95. The molecule has 0 saturated heterocycles. The fourth-order valence-corrected chi connectivity index (χ4v) is 2.26. The van der Waals surface area contributed by atoms with Crippen LogP contribution in [0.15, 0.2) is 24.3 Å². The van der Waals surface area contributed by atoms with Gasteiger partial charge in [0.2, 0.25) is 5.91 Å². The highest BCUT2D eigenvalue weighted by atomic mass is 16.2. The maximum absolute atomic E-state index is 12.3. The van der Waals surface area contributed by atoms with E-state index in [4.69, 9.17) is 0 Å². The van der Waals surface area contributed by atoms with Gasteiger partial charge in [0.05, 0.1) is 6.04 Å². The van der Waals surface area contributed by atoms with Crippen molar-refractivity contribution in [3.05, 3.63) is 29.8 Å². The molecule has 0 aromatic heterocycles. The molecule has 1 aromatic rings. The van der Waals surface area contributed by atoms with Crippen LogP contribution in [0.5, 0.6) is 0 Å². The molecule has 1 N–H and O–H groups in total. The topological polar surface area (TPSA) is 32.3 Å². The summed E-state index contributed by atoms with van der Waals surface area (Å²) in [6.45, 7) is 11.3. The van der Waals surface area contributed by atoms with Crippen molar-refractivity contribution in [1.29, 1.82) is 0 Å². The van der Waals surface area contributed by atoms with Crippen LogP contribution >= 0.6 is 0 Å². The third kappa shape index (κ3) is 4.35. The molecule has 1 rings (SSSR count). The number of carbonyl (C=O) groups is 1. The third-order valence-electron chi connectivity index (χ3n) is 3.42. The van der Waals surface area contributed by atoms with Crippen LogP contribution in [0.3, 0.4) is 0 Å². The van der Waals surface area contributed by atoms with Gasteiger partial charge in [0, 0.05) is 11.7 Å². The Labute approximate surface area is 117 Å². The zero-order valence-corrected chi connectivity index (χ0v) is 12.7. The average Bonchev–Trinajstić information content (AvgIpc) is 2.37. The molecule has 1 unspecified atom stereocenters. The van der Waals surface area contributed by atoms with Gasteiger partial charge in [0.15, 0.2) is 0 Å². The van der Waals surface area contributed by atoms with E-state index in [9.17, 15) is 4.79 Å². The minimum Gasteiger partial charge on any atom is -0.324 e. The lowest BCUT2D eigenvalue weighted by Gasteiger charge is -2.31. The fourth-order valence-electron chi connectivity index (χ4n) is 2.26. The Kier molecular flexibility index (Phi) is 6.03. The van der Waals surface area contributed by atoms with E-state index in [1.807, 2.05) is 38.1 Å². The summed E-state index contributed by atoms with van der Waals surface area (Å²) in [6, 6.07) is 8.13. The number of nitrogens with one attached hydrogen (secondary N) is 1. The molecule has 3 heteroatoms. The molecule has 0 bridgehead atoms. The first kappa shape index (κ1) is 15.7. The van der Waals surface area contributed by atoms with Gasteiger partial charge in [-0.2, -0.15) is 0 Å². The number of benzene rings is 1. The number of rotatable bonds is 6. The summed E-state index contributed by atoms with van der Waals surface area (Å²) in [5.41, 5.74) is 1.99. The molecule has 19 heavy (non-hydrogen) atoms. The minimum atomic E-state index is -0.112. The van der Waals surface area contributed by atoms with Crippen molar-refractivity contribution in [2.75, 3.05) is 11.9 Å². The number of para-hydroxylation sites is 1. The minimum absolute atomic E-state index is 0.0662. The average molecular weight is 262 g/mol. The van der Waals surface area contributed by atoms with Crippen LogP contribution in [-0.2, 0) is 4.79 Å². The molecule has 0 aliphatic heterocycles. The van der Waals surface area contributed by atoms with Crippen molar-refractivity contribution < 1.29 is 4.79 Å². The number of nitrogens with zero attached hydrogens (tertiary/aromatic N) is 1. The Balaban J connectivity index is 2.74. The van der Waals surface area contributed by atoms with E-state index >= 15 is 0 Å². The predicted octanol–water partition coefficient (Wildman–Crippen LogP) is 3.44. The van der Waals surface area contributed by atoms with E-state index in [1.165, 1.54) is 0 Å². The molecule has 0 fully saturated rings. The number of hydrogen-bond donors (Lipinski definition) is 1. The second kappa shape index (κ2) is 7.29. The molecule has 0 saturated carbocycles. The van der Waals surface area contributed by atoms with Gasteiger partial charge in [0.25, 0.3) is 0 Å². The van der Waals surface area contributed by atoms with Crippen molar-refractivity contribution >= 4 is 11.6 Å². The summed E-state index contributed by atoms with van der Waals surface area (Å²) in [6.07, 6.45) is 1.06. The van der Waals surface area contributed by atoms with Gasteiger partial charge in [0.1, 0.15) is 0 Å². The van der Waals surface area contributed by atoms with E-state index in [0.717, 1.165) is 24.2 Å². The summed E-state index contributed by atoms with van der Waals surface area (Å²) in [5, 5.41) is 3.02. The Hall–Kier alpha value is -1.35. The standard InChI is InChI=1S/C16H26N2O/c1-6-11-18(12(2)3)14(5)16(19)17-15-10-8-7-9-13(15)4/h7-10,12,14H,6,11H2,1-5H3,(H,17,19). The van der Waals surface area contributed by atoms with Crippen molar-refractivity contribution in [3.63, 3.8) is 0 Å². The van der Waals surface area contributed by atoms with E-state index in [0.29, 0.717) is 6.04 Å². The highest BCUT2D eigenvalue weighted by Gasteiger charge is 2.23. The summed E-state index contributed by atoms with van der Waals surface area (Å²) in [5.74, 6) is 0.0662. The van der Waals surface area contributed by atoms with Crippen molar-refractivity contribution in [2.45, 2.75) is 53.1 Å². The number of aryl methyl sites for hydroxylation is 1. The SMILES string of the molecule is CCCN(C(C)C)C(C)C(=O)Nc1ccccc1C. The number of anilines is 1. The van der Waals surface area contributed by atoms with Gasteiger partial charge in [-0.1, -0.05) is 25.1 Å². The normalized spacial score (nSPS) is 12.8. The van der Waals surface area contributed by atoms with Crippen LogP contribution in [0.1, 0.15) is 39.7 Å². The Morgan fingerprint density at radius 1 is 1.26 bits per heavy atom. The third-order valence-corrected chi connectivity index (χ3v) is 3.42. The monoisotopic (exact) mass is 262 g/mol. The van der Waals surface area contributed by atoms with Crippen LogP contribution in [0.25, 0.3) is 0 Å². The van der Waals surface area contributed by atoms with E-state index < -0.39 is 0 Å². The van der Waals surface area contributed by atoms with Gasteiger partial charge < -0.3 is 5.32 Å². The molecule has 0 heterocycles. The van der Waals surface area contributed by atoms with E-state index in [2.05, 4.69) is 31.0 Å². The molecule has 1 aromatic carbocycles. The first-order valence-corrected chi connectivity index (χ1v) is 7.09. The summed E-state index contributed by atoms with van der Waals surface area (Å²) < 4.78 is 0. The second-order valence-corrected chi connectivity index (χ2v) is 5.31. The van der Waals surface area contributed by atoms with Crippen molar-refractivity contribution in [1.82, 2.24) is 4.90 Å². The van der Waals surface area contributed by atoms with Crippen LogP contribution in [0, 0.1) is 6.92 Å². The van der Waals surface area contributed by atoms with Gasteiger partial charge >= 0.3 is 0 Å². The Bertz CT molecular complexity index is 415. The van der Waals surface area contributed by atoms with E-state index in [1.54, 1.807) is 0 Å². The zero-order chi connectivity index (χ0) is 14.4. The number of hydrogen-bond acceptors (Lipinski definition) is 2. The summed E-state index contributed by atoms with van der Waals surface area (Å²) in [4.78, 5) is 14.6. The van der Waals surface area contributed by atoms with Crippen LogP contribution in [0.4, 0.5) is 5.69 Å². The Morgan fingerprint density at radius 2 is 1.89 bits per heavy atom. The molecule has 3 nitrogen and oxygen atoms in total. The largest absolute Gasteiger partial charge is 0.324 e. The van der Waals surface area contributed by atoms with Crippen LogP contribution < -0.4 is 5.32 Å². The number of carbonyl (C=O) groups excluding carboxylic acids is 1. The van der Waals surface area contributed by atoms with Crippen molar-refractivity contribution in [2.24, 2.45) is 0 Å². The molecule has 0 spiro atoms. The van der Waals surface area contributed by atoms with Gasteiger partial charge in [-0.3, -0.25) is 9.69 Å². The first-order chi connectivity index (χ1) is 8.97. The van der Waals surface area contributed by atoms with Crippen LogP contribution in [0.2, 0.25) is 0 Å². The van der Waals surface area contributed by atoms with Crippen LogP contribution in [-0.4, -0.2) is 29.4 Å². The lowest BCUT2D eigenvalue weighted by molar-refractivity contribution is -0.121. The lowest BCUT2D eigenvalue weighted by atomic mass is 10.1. The first-order valence-electron chi connectivity index (χ1n) is 7.09. The van der Waals surface area contributed by atoms with E-state index in [-0.39, 0.29) is 11.9 Å². The second-order valence-electron chi connectivity index (χ2n) is 5.31. The smallest absolute Gasteiger partial charge is 0.241 e. The molecule has 1 amide bonds. The molecular weight excluding hydrogens is 236 g/mol. The molecular formula is C16H26N2O. The quantitative estimate of drug-likeness (QED) is 0.851. The predicted molar refractivity (Wildman–Crippen MR) is 81.4 cm³/mol. The number of amides is 1. The summed E-state index contributed by atoms with van der Waals surface area (Å²) in [7, 11) is 0. The Morgan fingerprint density at radius 3 is 2.42 bits per heavy atom. The van der Waals surface area contributed by atoms with Crippen molar-refractivity contribution in [3.8, 4) is 0 Å². The lowest BCUT2D eigenvalue weighted by Crippen LogP contribution is -2.46. The molecule has 106 valence electrons. The van der Waals surface area contributed by atoms with Gasteiger partial charge in [-0.25, -0.2) is 0 Å². The molecule has 0 radical (unpaired) electrons. The fraction of sp³-hybridized carbons (Fsp3) is 0.562. The maximum atomic E-state index is 12.3. The molecule has 0 aliphatic carbocycles. The van der Waals surface area contributed by atoms with Gasteiger partial charge in [-0.15, -0.1) is 0 Å². The van der Waals surface area contributed by atoms with Gasteiger partial charge in [-0.05, 0) is 52.3 Å². The highest BCUT2D eigenvalue weighted by Crippen LogP contribution is 2.15. The molecule has 0 aliphatic rings. The zero-order valence-electron chi connectivity index (χ0n) is 12.7. The summed E-state index contributed by atoms with van der Waals surface area (Å²) >= 11 is 0.